The van der Waals surface area contributed by atoms with E-state index >= 15 is 0 Å². The molecule has 1 aromatic rings. The second-order valence-electron chi connectivity index (χ2n) is 5.69. The van der Waals surface area contributed by atoms with E-state index in [2.05, 4.69) is 5.10 Å². The lowest BCUT2D eigenvalue weighted by Crippen LogP contribution is -2.47. The molecule has 1 atom stereocenters. The molecule has 0 aliphatic carbocycles. The summed E-state index contributed by atoms with van der Waals surface area (Å²) < 4.78 is 9.26. The SMILES string of the molecule is COC(=O)C1=NN(c2ccc(OC)cc2)C2(S1)SC(C(C)=O)=C(C)N2C. The molecule has 9 heteroatoms. The monoisotopic (exact) mass is 393 g/mol. The minimum absolute atomic E-state index is 0.0157. The van der Waals surface area contributed by atoms with Crippen molar-refractivity contribution in [1.29, 1.82) is 0 Å². The Hall–Kier alpha value is -2.13. The van der Waals surface area contributed by atoms with Gasteiger partial charge < -0.3 is 14.4 Å². The van der Waals surface area contributed by atoms with Gasteiger partial charge in [0.25, 0.3) is 0 Å². The van der Waals surface area contributed by atoms with Crippen LogP contribution in [-0.2, 0) is 14.3 Å². The average Bonchev–Trinajstić information content (AvgIpc) is 3.15. The van der Waals surface area contributed by atoms with Gasteiger partial charge in [-0.3, -0.25) is 4.79 Å². The van der Waals surface area contributed by atoms with Gasteiger partial charge in [-0.25, -0.2) is 9.80 Å². The molecule has 0 bridgehead atoms. The highest BCUT2D eigenvalue weighted by Crippen LogP contribution is 2.58. The Bertz CT molecular complexity index is 822. The Morgan fingerprint density at radius 2 is 1.81 bits per heavy atom. The third-order valence-corrected chi connectivity index (χ3v) is 7.33. The number of Topliss-reactive ketones (excluding diaryl/α,β-unsaturated/α-hetero) is 1. The lowest BCUT2D eigenvalue weighted by Gasteiger charge is -2.39. The zero-order valence-electron chi connectivity index (χ0n) is 15.1. The topological polar surface area (TPSA) is 71.4 Å². The summed E-state index contributed by atoms with van der Waals surface area (Å²) in [5.41, 5.74) is 1.61. The number of benzene rings is 1. The Balaban J connectivity index is 2.06. The van der Waals surface area contributed by atoms with E-state index in [0.717, 1.165) is 17.1 Å². The van der Waals surface area contributed by atoms with E-state index in [0.29, 0.717) is 4.91 Å². The van der Waals surface area contributed by atoms with E-state index in [-0.39, 0.29) is 10.8 Å². The first-order chi connectivity index (χ1) is 12.3. The van der Waals surface area contributed by atoms with Gasteiger partial charge in [0.2, 0.25) is 9.37 Å². The van der Waals surface area contributed by atoms with Crippen molar-refractivity contribution in [3.8, 4) is 5.75 Å². The maximum absolute atomic E-state index is 12.1. The van der Waals surface area contributed by atoms with Crippen LogP contribution in [0.2, 0.25) is 0 Å². The van der Waals surface area contributed by atoms with E-state index in [9.17, 15) is 9.59 Å². The van der Waals surface area contributed by atoms with Gasteiger partial charge in [-0.15, -0.1) is 0 Å². The number of ether oxygens (including phenoxy) is 2. The average molecular weight is 393 g/mol. The standard InChI is InChI=1S/C17H19N3O4S2/c1-10-14(11(2)21)25-17(19(10)3)20(18-15(26-17)16(22)24-5)12-6-8-13(23-4)9-7-12/h6-9H,1-5H3. The van der Waals surface area contributed by atoms with Crippen LogP contribution in [0.5, 0.6) is 5.75 Å². The molecule has 1 spiro atoms. The van der Waals surface area contributed by atoms with Gasteiger partial charge in [0.15, 0.2) is 5.78 Å². The number of hydrazone groups is 1. The predicted octanol–water partition coefficient (Wildman–Crippen LogP) is 2.85. The van der Waals surface area contributed by atoms with Crippen LogP contribution < -0.4 is 9.75 Å². The molecule has 3 rings (SSSR count). The minimum atomic E-state index is -0.802. The molecule has 7 nitrogen and oxygen atoms in total. The quantitative estimate of drug-likeness (QED) is 0.723. The molecule has 138 valence electrons. The second-order valence-corrected chi connectivity index (χ2v) is 8.29. The van der Waals surface area contributed by atoms with Gasteiger partial charge in [-0.1, -0.05) is 11.8 Å². The number of hydrogen-bond acceptors (Lipinski definition) is 9. The van der Waals surface area contributed by atoms with Crippen molar-refractivity contribution in [2.75, 3.05) is 26.3 Å². The summed E-state index contributed by atoms with van der Waals surface area (Å²) in [5.74, 6) is 0.198. The summed E-state index contributed by atoms with van der Waals surface area (Å²) in [7, 11) is 4.81. The molecule has 0 aromatic heterocycles. The Labute approximate surface area is 160 Å². The molecule has 1 unspecified atom stereocenters. The van der Waals surface area contributed by atoms with Gasteiger partial charge in [0, 0.05) is 12.7 Å². The lowest BCUT2D eigenvalue weighted by molar-refractivity contribution is -0.132. The molecule has 0 fully saturated rings. The van der Waals surface area contributed by atoms with Crippen LogP contribution in [0.1, 0.15) is 13.8 Å². The molecule has 0 N–H and O–H groups in total. The molecule has 26 heavy (non-hydrogen) atoms. The molecule has 0 amide bonds. The molecule has 0 saturated carbocycles. The largest absolute Gasteiger partial charge is 0.497 e. The third kappa shape index (κ3) is 2.84. The highest BCUT2D eigenvalue weighted by molar-refractivity contribution is 8.28. The van der Waals surface area contributed by atoms with Crippen LogP contribution in [0.25, 0.3) is 0 Å². The number of methoxy groups -OCH3 is 2. The van der Waals surface area contributed by atoms with Crippen molar-refractivity contribution in [2.24, 2.45) is 5.10 Å². The zero-order chi connectivity index (χ0) is 19.1. The Kier molecular flexibility index (Phi) is 4.94. The number of rotatable bonds is 4. The number of thioether (sulfide) groups is 2. The predicted molar refractivity (Wildman–Crippen MR) is 104 cm³/mol. The summed E-state index contributed by atoms with van der Waals surface area (Å²) in [4.78, 5) is 26.8. The number of allylic oxidation sites excluding steroid dienone is 2. The van der Waals surface area contributed by atoms with Crippen LogP contribution in [-0.4, -0.2) is 47.3 Å². The second kappa shape index (κ2) is 6.88. The van der Waals surface area contributed by atoms with Crippen LogP contribution in [0.3, 0.4) is 0 Å². The highest BCUT2D eigenvalue weighted by atomic mass is 32.2. The van der Waals surface area contributed by atoms with Crippen molar-refractivity contribution in [3.63, 3.8) is 0 Å². The van der Waals surface area contributed by atoms with Crippen LogP contribution in [0.15, 0.2) is 40.0 Å². The minimum Gasteiger partial charge on any atom is -0.497 e. The summed E-state index contributed by atoms with van der Waals surface area (Å²) in [6.45, 7) is 3.43. The number of nitrogens with zero attached hydrogens (tertiary/aromatic N) is 3. The van der Waals surface area contributed by atoms with Gasteiger partial charge in [0.05, 0.1) is 24.8 Å². The molecule has 2 aliphatic rings. The summed E-state index contributed by atoms with van der Waals surface area (Å²) in [6.07, 6.45) is 0. The van der Waals surface area contributed by atoms with Crippen molar-refractivity contribution in [2.45, 2.75) is 18.2 Å². The van der Waals surface area contributed by atoms with E-state index < -0.39 is 10.3 Å². The van der Waals surface area contributed by atoms with Crippen molar-refractivity contribution < 1.29 is 19.1 Å². The number of ketones is 1. The van der Waals surface area contributed by atoms with Crippen molar-refractivity contribution in [1.82, 2.24) is 4.90 Å². The van der Waals surface area contributed by atoms with Gasteiger partial charge in [-0.05, 0) is 49.9 Å². The molecule has 0 saturated heterocycles. The third-order valence-electron chi connectivity index (χ3n) is 4.18. The molecule has 1 aromatic carbocycles. The van der Waals surface area contributed by atoms with Gasteiger partial charge in [-0.2, -0.15) is 5.10 Å². The van der Waals surface area contributed by atoms with Crippen LogP contribution in [0.4, 0.5) is 5.69 Å². The van der Waals surface area contributed by atoms with Crippen molar-refractivity contribution in [3.05, 3.63) is 34.9 Å². The van der Waals surface area contributed by atoms with Crippen molar-refractivity contribution >= 4 is 46.0 Å². The lowest BCUT2D eigenvalue weighted by atomic mass is 10.3. The molecular weight excluding hydrogens is 374 g/mol. The first kappa shape index (κ1) is 18.7. The van der Waals surface area contributed by atoms with Crippen LogP contribution in [0, 0.1) is 0 Å². The summed E-state index contributed by atoms with van der Waals surface area (Å²) in [6, 6.07) is 7.37. The van der Waals surface area contributed by atoms with E-state index in [1.54, 1.807) is 12.1 Å². The maximum Gasteiger partial charge on any atom is 0.365 e. The highest BCUT2D eigenvalue weighted by Gasteiger charge is 2.55. The fourth-order valence-electron chi connectivity index (χ4n) is 2.70. The Morgan fingerprint density at radius 3 is 2.31 bits per heavy atom. The number of hydrogen-bond donors (Lipinski definition) is 0. The number of carbonyl (C=O) groups excluding carboxylic acids is 2. The van der Waals surface area contributed by atoms with Gasteiger partial charge in [0.1, 0.15) is 5.75 Å². The van der Waals surface area contributed by atoms with Crippen LogP contribution >= 0.6 is 23.5 Å². The fourth-order valence-corrected chi connectivity index (χ4v) is 5.60. The van der Waals surface area contributed by atoms with E-state index in [1.807, 2.05) is 43.1 Å². The molecular formula is C17H19N3O4S2. The first-order valence-corrected chi connectivity index (χ1v) is 9.42. The fraction of sp³-hybridized carbons (Fsp3) is 0.353. The van der Waals surface area contributed by atoms with E-state index in [1.165, 1.54) is 37.6 Å². The Morgan fingerprint density at radius 1 is 1.15 bits per heavy atom. The van der Waals surface area contributed by atoms with Gasteiger partial charge >= 0.3 is 5.97 Å². The first-order valence-electron chi connectivity index (χ1n) is 7.79. The number of carbonyl (C=O) groups is 2. The number of esters is 1. The zero-order valence-corrected chi connectivity index (χ0v) is 16.7. The number of anilines is 1. The molecule has 2 aliphatic heterocycles. The molecule has 2 heterocycles. The maximum atomic E-state index is 12.1. The normalized spacial score (nSPS) is 22.1. The summed E-state index contributed by atoms with van der Waals surface area (Å²) >= 11 is 2.65. The summed E-state index contributed by atoms with van der Waals surface area (Å²) in [5, 5.41) is 6.48. The molecule has 0 radical (unpaired) electrons. The smallest absolute Gasteiger partial charge is 0.365 e. The van der Waals surface area contributed by atoms with E-state index in [4.69, 9.17) is 9.47 Å².